The molecule has 4 heteroatoms. The van der Waals surface area contributed by atoms with Gasteiger partial charge in [0.15, 0.2) is 6.04 Å². The molecule has 102 valence electrons. The van der Waals surface area contributed by atoms with E-state index in [9.17, 15) is 4.79 Å². The fraction of sp³-hybridized carbons (Fsp3) is 0.312. The highest BCUT2D eigenvalue weighted by molar-refractivity contribution is 5.82. The zero-order valence-electron chi connectivity index (χ0n) is 11.8. The topological polar surface area (TPSA) is 45.9 Å². The molecule has 0 amide bonds. The predicted octanol–water partition coefficient (Wildman–Crippen LogP) is 2.44. The summed E-state index contributed by atoms with van der Waals surface area (Å²) in [4.78, 5) is 17.1. The van der Waals surface area contributed by atoms with Crippen molar-refractivity contribution in [3.05, 3.63) is 42.2 Å². The summed E-state index contributed by atoms with van der Waals surface area (Å²) < 4.78 is 1.72. The maximum atomic E-state index is 12.4. The number of hydrogen-bond acceptors (Lipinski definition) is 3. The molecule has 0 radical (unpaired) electrons. The van der Waals surface area contributed by atoms with Crippen molar-refractivity contribution in [3.63, 3.8) is 0 Å². The monoisotopic (exact) mass is 268 g/mol. The second kappa shape index (κ2) is 5.04. The van der Waals surface area contributed by atoms with Gasteiger partial charge in [0.2, 0.25) is 0 Å². The summed E-state index contributed by atoms with van der Waals surface area (Å²) in [6.45, 7) is 4.07. The molecule has 3 rings (SSSR count). The van der Waals surface area contributed by atoms with Crippen molar-refractivity contribution in [3.8, 4) is 11.3 Å². The summed E-state index contributed by atoms with van der Waals surface area (Å²) in [6, 6.07) is 9.83. The van der Waals surface area contributed by atoms with Crippen LogP contribution in [0.4, 0.5) is 5.82 Å². The maximum absolute atomic E-state index is 12.4. The first kappa shape index (κ1) is 12.8. The van der Waals surface area contributed by atoms with E-state index in [1.54, 1.807) is 4.57 Å². The van der Waals surface area contributed by atoms with Crippen LogP contribution in [0.25, 0.3) is 11.3 Å². The van der Waals surface area contributed by atoms with Crippen LogP contribution in [-0.4, -0.2) is 16.9 Å². The molecular formula is C16H18N3O+. The molecule has 1 aromatic heterocycles. The van der Waals surface area contributed by atoms with E-state index in [4.69, 9.17) is 4.98 Å². The number of carbonyl (C=O) groups is 1. The lowest BCUT2D eigenvalue weighted by Gasteiger charge is -2.04. The van der Waals surface area contributed by atoms with Crippen molar-refractivity contribution >= 4 is 11.7 Å². The van der Waals surface area contributed by atoms with Crippen LogP contribution < -0.4 is 9.88 Å². The molecular weight excluding hydrogens is 250 g/mol. The van der Waals surface area contributed by atoms with E-state index in [1.807, 2.05) is 43.5 Å². The van der Waals surface area contributed by atoms with Gasteiger partial charge in [-0.1, -0.05) is 44.2 Å². The Morgan fingerprint density at radius 3 is 2.65 bits per heavy atom. The first-order valence-corrected chi connectivity index (χ1v) is 7.06. The van der Waals surface area contributed by atoms with Gasteiger partial charge in [-0.15, -0.1) is 0 Å². The lowest BCUT2D eigenvalue weighted by atomic mass is 10.1. The van der Waals surface area contributed by atoms with Crippen LogP contribution in [0.2, 0.25) is 0 Å². The lowest BCUT2D eigenvalue weighted by Crippen LogP contribution is -2.43. The summed E-state index contributed by atoms with van der Waals surface area (Å²) in [6.07, 6.45) is 3.42. The van der Waals surface area contributed by atoms with Gasteiger partial charge in [0, 0.05) is 5.56 Å². The van der Waals surface area contributed by atoms with Gasteiger partial charge in [0.05, 0.1) is 0 Å². The number of carbonyl (C=O) groups excluding carboxylic acids is 1. The molecule has 0 bridgehead atoms. The standard InChI is InChI=1S/C16H17N3O/c1-3-12-15-18-13(4-2)16(20)19(15)10-14(17-12)11-8-6-5-7-9-11/h5-10,13H,3-4H2,1-2H3/p+1. The number of nitrogens with one attached hydrogen (secondary N) is 1. The average Bonchev–Trinajstić information content (AvgIpc) is 2.84. The molecule has 1 unspecified atom stereocenters. The molecule has 1 atom stereocenters. The van der Waals surface area contributed by atoms with Gasteiger partial charge in [0.1, 0.15) is 17.6 Å². The zero-order chi connectivity index (χ0) is 14.1. The van der Waals surface area contributed by atoms with Gasteiger partial charge in [0.25, 0.3) is 0 Å². The van der Waals surface area contributed by atoms with E-state index in [-0.39, 0.29) is 11.9 Å². The zero-order valence-corrected chi connectivity index (χ0v) is 11.8. The van der Waals surface area contributed by atoms with Crippen LogP contribution in [0.15, 0.2) is 36.5 Å². The number of aromatic nitrogens is 2. The molecule has 2 aromatic rings. The van der Waals surface area contributed by atoms with Crippen LogP contribution in [0.3, 0.4) is 0 Å². The number of benzene rings is 1. The van der Waals surface area contributed by atoms with Crippen molar-refractivity contribution in [1.82, 2.24) is 4.98 Å². The van der Waals surface area contributed by atoms with Gasteiger partial charge in [-0.2, -0.15) is 4.57 Å². The minimum absolute atomic E-state index is 0.108. The molecule has 1 aliphatic heterocycles. The van der Waals surface area contributed by atoms with Gasteiger partial charge in [-0.3, -0.25) is 5.32 Å². The Bertz CT molecular complexity index is 652. The van der Waals surface area contributed by atoms with Crippen LogP contribution in [0, 0.1) is 0 Å². The van der Waals surface area contributed by atoms with Crippen molar-refractivity contribution in [2.24, 2.45) is 0 Å². The Balaban J connectivity index is 2.14. The quantitative estimate of drug-likeness (QED) is 0.870. The molecule has 0 aliphatic carbocycles. The number of nitrogens with zero attached hydrogens (tertiary/aromatic N) is 2. The van der Waals surface area contributed by atoms with Crippen molar-refractivity contribution in [2.75, 3.05) is 5.32 Å². The van der Waals surface area contributed by atoms with Crippen molar-refractivity contribution < 1.29 is 9.36 Å². The van der Waals surface area contributed by atoms with Crippen LogP contribution >= 0.6 is 0 Å². The smallest absolute Gasteiger partial charge is 0.258 e. The first-order valence-electron chi connectivity index (χ1n) is 7.06. The second-order valence-corrected chi connectivity index (χ2v) is 4.95. The molecule has 2 heterocycles. The minimum Gasteiger partial charge on any atom is -0.258 e. The van der Waals surface area contributed by atoms with Gasteiger partial charge in [-0.05, 0) is 12.8 Å². The van der Waals surface area contributed by atoms with Gasteiger partial charge < -0.3 is 0 Å². The third-order valence-corrected chi connectivity index (χ3v) is 3.68. The number of aryl methyl sites for hydroxylation is 1. The SMILES string of the molecule is CCc1nc(-c2ccccc2)c[n+]2c1NC(CC)C2=O. The normalized spacial score (nSPS) is 16.9. The molecule has 0 saturated heterocycles. The highest BCUT2D eigenvalue weighted by Crippen LogP contribution is 2.22. The fourth-order valence-corrected chi connectivity index (χ4v) is 2.55. The average molecular weight is 268 g/mol. The molecule has 1 N–H and O–H groups in total. The molecule has 1 aromatic carbocycles. The fourth-order valence-electron chi connectivity index (χ4n) is 2.55. The van der Waals surface area contributed by atoms with Gasteiger partial charge in [-0.25, -0.2) is 9.78 Å². The van der Waals surface area contributed by atoms with E-state index >= 15 is 0 Å². The van der Waals surface area contributed by atoms with Crippen LogP contribution in [-0.2, 0) is 6.42 Å². The Hall–Kier alpha value is -2.23. The van der Waals surface area contributed by atoms with E-state index in [2.05, 4.69) is 12.2 Å². The van der Waals surface area contributed by atoms with Crippen molar-refractivity contribution in [2.45, 2.75) is 32.7 Å². The lowest BCUT2D eigenvalue weighted by molar-refractivity contribution is -0.552. The molecule has 0 fully saturated rings. The van der Waals surface area contributed by atoms with Crippen LogP contribution in [0.5, 0.6) is 0 Å². The Morgan fingerprint density at radius 1 is 1.25 bits per heavy atom. The van der Waals surface area contributed by atoms with Crippen LogP contribution in [0.1, 0.15) is 30.8 Å². The summed E-state index contributed by atoms with van der Waals surface area (Å²) >= 11 is 0. The third-order valence-electron chi connectivity index (χ3n) is 3.68. The Morgan fingerprint density at radius 2 is 2.00 bits per heavy atom. The maximum Gasteiger partial charge on any atom is 0.359 e. The molecule has 4 nitrogen and oxygen atoms in total. The van der Waals surface area contributed by atoms with Gasteiger partial charge >= 0.3 is 11.7 Å². The summed E-state index contributed by atoms with van der Waals surface area (Å²) in [5.74, 6) is 0.959. The number of hydrogen-bond donors (Lipinski definition) is 1. The number of rotatable bonds is 3. The molecule has 20 heavy (non-hydrogen) atoms. The summed E-state index contributed by atoms with van der Waals surface area (Å²) in [7, 11) is 0. The summed E-state index contributed by atoms with van der Waals surface area (Å²) in [5.41, 5.74) is 2.82. The Kier molecular flexibility index (Phi) is 3.22. The first-order chi connectivity index (χ1) is 9.74. The predicted molar refractivity (Wildman–Crippen MR) is 77.6 cm³/mol. The largest absolute Gasteiger partial charge is 0.359 e. The summed E-state index contributed by atoms with van der Waals surface area (Å²) in [5, 5.41) is 3.28. The third kappa shape index (κ3) is 1.97. The number of anilines is 1. The number of fused-ring (bicyclic) bond motifs is 1. The van der Waals surface area contributed by atoms with Crippen molar-refractivity contribution in [1.29, 1.82) is 0 Å². The van der Waals surface area contributed by atoms with E-state index < -0.39 is 0 Å². The molecule has 0 spiro atoms. The van der Waals surface area contributed by atoms with E-state index in [1.165, 1.54) is 0 Å². The molecule has 0 saturated carbocycles. The molecule has 1 aliphatic rings. The minimum atomic E-state index is -0.131. The van der Waals surface area contributed by atoms with E-state index in [0.717, 1.165) is 35.6 Å². The second-order valence-electron chi connectivity index (χ2n) is 4.95. The highest BCUT2D eigenvalue weighted by atomic mass is 16.2. The Labute approximate surface area is 118 Å². The van der Waals surface area contributed by atoms with E-state index in [0.29, 0.717) is 0 Å². The highest BCUT2D eigenvalue weighted by Gasteiger charge is 2.39.